The van der Waals surface area contributed by atoms with Crippen LogP contribution in [0, 0.1) is 0 Å². The van der Waals surface area contributed by atoms with Crippen molar-refractivity contribution in [1.82, 2.24) is 10.2 Å². The van der Waals surface area contributed by atoms with E-state index >= 15 is 0 Å². The van der Waals surface area contributed by atoms with Crippen LogP contribution in [0.2, 0.25) is 0 Å². The van der Waals surface area contributed by atoms with Crippen molar-refractivity contribution in [3.8, 4) is 0 Å². The number of nitrogens with zero attached hydrogens (tertiary/aromatic N) is 1. The molecule has 1 heterocycles. The van der Waals surface area contributed by atoms with Crippen LogP contribution in [0.25, 0.3) is 0 Å². The van der Waals surface area contributed by atoms with Crippen molar-refractivity contribution >= 4 is 12.0 Å². The predicted octanol–water partition coefficient (Wildman–Crippen LogP) is 1.92. The van der Waals surface area contributed by atoms with E-state index in [2.05, 4.69) is 5.32 Å². The third-order valence-electron chi connectivity index (χ3n) is 3.78. The first-order chi connectivity index (χ1) is 9.58. The zero-order valence-electron chi connectivity index (χ0n) is 11.9. The van der Waals surface area contributed by atoms with Gasteiger partial charge in [-0.2, -0.15) is 0 Å². The lowest BCUT2D eigenvalue weighted by Crippen LogP contribution is -2.54. The number of likely N-dealkylation sites (tertiary alicyclic amines) is 1. The van der Waals surface area contributed by atoms with E-state index in [9.17, 15) is 9.59 Å². The second kappa shape index (κ2) is 5.94. The summed E-state index contributed by atoms with van der Waals surface area (Å²) in [6.07, 6.45) is 1.04. The van der Waals surface area contributed by atoms with E-state index < -0.39 is 11.6 Å². The highest BCUT2D eigenvalue weighted by Crippen LogP contribution is 2.29. The smallest absolute Gasteiger partial charge is 0.410 e. The molecule has 1 unspecified atom stereocenters. The summed E-state index contributed by atoms with van der Waals surface area (Å²) in [4.78, 5) is 25.7. The van der Waals surface area contributed by atoms with Crippen LogP contribution in [0.15, 0.2) is 30.3 Å². The fourth-order valence-corrected chi connectivity index (χ4v) is 2.56. The molecule has 1 aromatic carbocycles. The van der Waals surface area contributed by atoms with Crippen molar-refractivity contribution in [2.75, 3.05) is 13.6 Å². The van der Waals surface area contributed by atoms with Crippen molar-refractivity contribution in [2.45, 2.75) is 31.9 Å². The topological polar surface area (TPSA) is 58.6 Å². The molecule has 2 rings (SSSR count). The van der Waals surface area contributed by atoms with Crippen LogP contribution in [0.1, 0.15) is 25.3 Å². The van der Waals surface area contributed by atoms with Crippen molar-refractivity contribution in [3.63, 3.8) is 0 Å². The van der Waals surface area contributed by atoms with Crippen LogP contribution in [-0.2, 0) is 16.1 Å². The van der Waals surface area contributed by atoms with Gasteiger partial charge in [0.15, 0.2) is 0 Å². The monoisotopic (exact) mass is 276 g/mol. The molecule has 0 radical (unpaired) electrons. The van der Waals surface area contributed by atoms with Gasteiger partial charge in [0.2, 0.25) is 5.91 Å². The summed E-state index contributed by atoms with van der Waals surface area (Å²) in [5.41, 5.74) is 0.129. The molecule has 0 aromatic heterocycles. The summed E-state index contributed by atoms with van der Waals surface area (Å²) in [7, 11) is 1.58. The van der Waals surface area contributed by atoms with E-state index in [1.165, 1.54) is 4.90 Å². The highest BCUT2D eigenvalue weighted by Gasteiger charge is 2.46. The summed E-state index contributed by atoms with van der Waals surface area (Å²) in [6, 6.07) is 9.50. The lowest BCUT2D eigenvalue weighted by atomic mass is 9.98. The number of ether oxygens (including phenoxy) is 1. The predicted molar refractivity (Wildman–Crippen MR) is 75.0 cm³/mol. The summed E-state index contributed by atoms with van der Waals surface area (Å²) >= 11 is 0. The van der Waals surface area contributed by atoms with Crippen LogP contribution < -0.4 is 5.32 Å². The zero-order chi connectivity index (χ0) is 14.6. The van der Waals surface area contributed by atoms with Crippen LogP contribution >= 0.6 is 0 Å². The molecule has 1 N–H and O–H groups in total. The SMILES string of the molecule is CNC(=O)C1(C)CCCN1C(=O)OCc1ccccc1. The molecule has 1 aliphatic heterocycles. The van der Waals surface area contributed by atoms with Crippen molar-refractivity contribution < 1.29 is 14.3 Å². The third kappa shape index (κ3) is 2.76. The number of nitrogens with one attached hydrogen (secondary N) is 1. The Morgan fingerprint density at radius 2 is 2.05 bits per heavy atom. The third-order valence-corrected chi connectivity index (χ3v) is 3.78. The fraction of sp³-hybridized carbons (Fsp3) is 0.467. The minimum absolute atomic E-state index is 0.147. The number of rotatable bonds is 3. The van der Waals surface area contributed by atoms with Gasteiger partial charge in [0.25, 0.3) is 0 Å². The number of hydrogen-bond acceptors (Lipinski definition) is 3. The number of benzene rings is 1. The lowest BCUT2D eigenvalue weighted by molar-refractivity contribution is -0.129. The quantitative estimate of drug-likeness (QED) is 0.917. The van der Waals surface area contributed by atoms with Gasteiger partial charge in [-0.15, -0.1) is 0 Å². The number of carbonyl (C=O) groups excluding carboxylic acids is 2. The molecule has 1 fully saturated rings. The van der Waals surface area contributed by atoms with E-state index in [1.807, 2.05) is 30.3 Å². The number of likely N-dealkylation sites (N-methyl/N-ethyl adjacent to an activating group) is 1. The average molecular weight is 276 g/mol. The molecule has 0 saturated carbocycles. The highest BCUT2D eigenvalue weighted by molar-refractivity contribution is 5.89. The van der Waals surface area contributed by atoms with Crippen LogP contribution in [0.4, 0.5) is 4.79 Å². The van der Waals surface area contributed by atoms with Crippen LogP contribution in [0.5, 0.6) is 0 Å². The van der Waals surface area contributed by atoms with E-state index in [-0.39, 0.29) is 12.5 Å². The van der Waals surface area contributed by atoms with E-state index in [0.717, 1.165) is 12.0 Å². The summed E-state index contributed by atoms with van der Waals surface area (Å²) < 4.78 is 5.31. The molecule has 0 aliphatic carbocycles. The minimum Gasteiger partial charge on any atom is -0.445 e. The van der Waals surface area contributed by atoms with Crippen LogP contribution in [0.3, 0.4) is 0 Å². The molecule has 5 heteroatoms. The van der Waals surface area contributed by atoms with Gasteiger partial charge in [0.05, 0.1) is 0 Å². The molecule has 1 saturated heterocycles. The molecule has 0 bridgehead atoms. The maximum Gasteiger partial charge on any atom is 0.410 e. The van der Waals surface area contributed by atoms with Gasteiger partial charge in [0.1, 0.15) is 12.1 Å². The maximum absolute atomic E-state index is 12.2. The van der Waals surface area contributed by atoms with E-state index in [1.54, 1.807) is 14.0 Å². The average Bonchev–Trinajstić information content (AvgIpc) is 2.88. The van der Waals surface area contributed by atoms with Crippen molar-refractivity contribution in [2.24, 2.45) is 0 Å². The molecular weight excluding hydrogens is 256 g/mol. The first-order valence-corrected chi connectivity index (χ1v) is 6.78. The molecule has 1 aliphatic rings. The molecule has 0 spiro atoms. The van der Waals surface area contributed by atoms with Gasteiger partial charge in [-0.05, 0) is 25.3 Å². The Morgan fingerprint density at radius 1 is 1.35 bits per heavy atom. The second-order valence-corrected chi connectivity index (χ2v) is 5.15. The molecule has 5 nitrogen and oxygen atoms in total. The Kier molecular flexibility index (Phi) is 4.27. The highest BCUT2D eigenvalue weighted by atomic mass is 16.6. The molecule has 108 valence electrons. The Labute approximate surface area is 118 Å². The Balaban J connectivity index is 2.00. The Bertz CT molecular complexity index is 489. The summed E-state index contributed by atoms with van der Waals surface area (Å²) in [6.45, 7) is 2.56. The zero-order valence-corrected chi connectivity index (χ0v) is 11.9. The van der Waals surface area contributed by atoms with Gasteiger partial charge >= 0.3 is 6.09 Å². The van der Waals surface area contributed by atoms with Gasteiger partial charge in [-0.3, -0.25) is 9.69 Å². The van der Waals surface area contributed by atoms with Gasteiger partial charge in [-0.1, -0.05) is 30.3 Å². The molecular formula is C15H20N2O3. The normalized spacial score (nSPS) is 21.6. The second-order valence-electron chi connectivity index (χ2n) is 5.15. The molecule has 2 amide bonds. The van der Waals surface area contributed by atoms with E-state index in [4.69, 9.17) is 4.74 Å². The minimum atomic E-state index is -0.803. The first kappa shape index (κ1) is 14.4. The van der Waals surface area contributed by atoms with E-state index in [0.29, 0.717) is 13.0 Å². The van der Waals surface area contributed by atoms with Gasteiger partial charge in [-0.25, -0.2) is 4.79 Å². The Hall–Kier alpha value is -2.04. The summed E-state index contributed by atoms with van der Waals surface area (Å²) in [5, 5.41) is 2.62. The van der Waals surface area contributed by atoms with Crippen molar-refractivity contribution in [1.29, 1.82) is 0 Å². The maximum atomic E-state index is 12.2. The fourth-order valence-electron chi connectivity index (χ4n) is 2.56. The molecule has 20 heavy (non-hydrogen) atoms. The van der Waals surface area contributed by atoms with Gasteiger partial charge < -0.3 is 10.1 Å². The molecule has 1 atom stereocenters. The lowest BCUT2D eigenvalue weighted by Gasteiger charge is -2.32. The number of amides is 2. The largest absolute Gasteiger partial charge is 0.445 e. The standard InChI is InChI=1S/C15H20N2O3/c1-15(13(18)16-2)9-6-10-17(15)14(19)20-11-12-7-4-3-5-8-12/h3-5,7-8H,6,9-11H2,1-2H3,(H,16,18). The number of hydrogen-bond donors (Lipinski definition) is 1. The Morgan fingerprint density at radius 3 is 2.70 bits per heavy atom. The van der Waals surface area contributed by atoms with Gasteiger partial charge in [0, 0.05) is 13.6 Å². The van der Waals surface area contributed by atoms with Crippen LogP contribution in [-0.4, -0.2) is 36.0 Å². The van der Waals surface area contributed by atoms with Crippen molar-refractivity contribution in [3.05, 3.63) is 35.9 Å². The number of carbonyl (C=O) groups is 2. The summed E-state index contributed by atoms with van der Waals surface area (Å²) in [5.74, 6) is -0.147. The first-order valence-electron chi connectivity index (χ1n) is 6.78. The molecule has 1 aromatic rings.